The summed E-state index contributed by atoms with van der Waals surface area (Å²) in [6, 6.07) is 11.5. The van der Waals surface area contributed by atoms with E-state index in [0.717, 1.165) is 18.4 Å². The molecule has 1 saturated carbocycles. The number of carbonyl (C=O) groups excluding carboxylic acids is 1. The Balaban J connectivity index is 1.58. The second-order valence-corrected chi connectivity index (χ2v) is 5.38. The quantitative estimate of drug-likeness (QED) is 0.901. The Morgan fingerprint density at radius 3 is 2.67 bits per heavy atom. The van der Waals surface area contributed by atoms with Gasteiger partial charge in [0.1, 0.15) is 0 Å². The summed E-state index contributed by atoms with van der Waals surface area (Å²) in [6.07, 6.45) is 5.76. The highest BCUT2D eigenvalue weighted by Gasteiger charge is 2.16. The number of carbonyl (C=O) groups is 1. The fourth-order valence-corrected chi connectivity index (χ4v) is 2.66. The van der Waals surface area contributed by atoms with Crippen LogP contribution in [0.15, 0.2) is 40.9 Å². The first kappa shape index (κ1) is 13.7. The molecule has 3 rings (SSSR count). The lowest BCUT2D eigenvalue weighted by Crippen LogP contribution is -2.39. The third-order valence-corrected chi connectivity index (χ3v) is 3.75. The molecule has 110 valence electrons. The molecule has 5 nitrogen and oxygen atoms in total. The van der Waals surface area contributed by atoms with Crippen LogP contribution >= 0.6 is 0 Å². The van der Waals surface area contributed by atoms with E-state index in [-0.39, 0.29) is 12.1 Å². The summed E-state index contributed by atoms with van der Waals surface area (Å²) in [7, 11) is 0. The second-order valence-electron chi connectivity index (χ2n) is 5.38. The molecule has 0 radical (unpaired) electrons. The highest BCUT2D eigenvalue weighted by Crippen LogP contribution is 2.22. The van der Waals surface area contributed by atoms with Gasteiger partial charge in [0, 0.05) is 17.7 Å². The molecule has 2 N–H and O–H groups in total. The maximum atomic E-state index is 11.9. The van der Waals surface area contributed by atoms with Gasteiger partial charge in [0.05, 0.1) is 0 Å². The molecule has 0 atom stereocenters. The average Bonchev–Trinajstić information content (AvgIpc) is 2.97. The molecule has 2 aromatic rings. The van der Waals surface area contributed by atoms with Crippen LogP contribution in [0.25, 0.3) is 11.3 Å². The van der Waals surface area contributed by atoms with Gasteiger partial charge in [-0.1, -0.05) is 54.8 Å². The molecule has 1 aliphatic rings. The zero-order valence-electron chi connectivity index (χ0n) is 11.8. The van der Waals surface area contributed by atoms with E-state index >= 15 is 0 Å². The number of anilines is 1. The van der Waals surface area contributed by atoms with E-state index in [1.54, 1.807) is 6.07 Å². The monoisotopic (exact) mass is 285 g/mol. The van der Waals surface area contributed by atoms with Crippen molar-refractivity contribution in [2.24, 2.45) is 0 Å². The van der Waals surface area contributed by atoms with Gasteiger partial charge in [0.2, 0.25) is 0 Å². The Labute approximate surface area is 123 Å². The maximum Gasteiger partial charge on any atom is 0.320 e. The number of rotatable bonds is 3. The van der Waals surface area contributed by atoms with Gasteiger partial charge in [0.15, 0.2) is 11.6 Å². The Kier molecular flexibility index (Phi) is 4.19. The van der Waals surface area contributed by atoms with Crippen molar-refractivity contribution in [2.45, 2.75) is 38.1 Å². The van der Waals surface area contributed by atoms with Crippen LogP contribution in [-0.4, -0.2) is 17.2 Å². The van der Waals surface area contributed by atoms with Crippen LogP contribution < -0.4 is 10.6 Å². The summed E-state index contributed by atoms with van der Waals surface area (Å²) in [5.74, 6) is 1.07. The molecule has 5 heteroatoms. The molecule has 1 aromatic carbocycles. The molecule has 1 fully saturated rings. The zero-order chi connectivity index (χ0) is 14.5. The van der Waals surface area contributed by atoms with Gasteiger partial charge in [-0.2, -0.15) is 0 Å². The van der Waals surface area contributed by atoms with Crippen LogP contribution in [0.5, 0.6) is 0 Å². The largest absolute Gasteiger partial charge is 0.354 e. The minimum atomic E-state index is -0.213. The maximum absolute atomic E-state index is 11.9. The zero-order valence-corrected chi connectivity index (χ0v) is 11.8. The minimum absolute atomic E-state index is 0.213. The summed E-state index contributed by atoms with van der Waals surface area (Å²) in [5, 5.41) is 9.59. The van der Waals surface area contributed by atoms with Crippen molar-refractivity contribution in [3.8, 4) is 11.3 Å². The standard InChI is InChI=1S/C16H19N3O2/c20-16(17-13-9-5-2-6-10-13)18-15-11-14(21-19-15)12-7-3-1-4-8-12/h1,3-4,7-8,11,13H,2,5-6,9-10H2,(H2,17,18,19,20). The highest BCUT2D eigenvalue weighted by atomic mass is 16.5. The molecule has 2 amide bonds. The van der Waals surface area contributed by atoms with E-state index in [0.29, 0.717) is 11.6 Å². The lowest BCUT2D eigenvalue weighted by Gasteiger charge is -2.22. The molecule has 1 aliphatic carbocycles. The Morgan fingerprint density at radius 1 is 1.14 bits per heavy atom. The van der Waals surface area contributed by atoms with Gasteiger partial charge in [-0.15, -0.1) is 0 Å². The first-order valence-electron chi connectivity index (χ1n) is 7.41. The van der Waals surface area contributed by atoms with Crippen LogP contribution in [0, 0.1) is 0 Å². The van der Waals surface area contributed by atoms with E-state index in [2.05, 4.69) is 15.8 Å². The number of nitrogens with one attached hydrogen (secondary N) is 2. The summed E-state index contributed by atoms with van der Waals surface area (Å²) < 4.78 is 5.25. The molecule has 21 heavy (non-hydrogen) atoms. The predicted octanol–water partition coefficient (Wildman–Crippen LogP) is 3.80. The molecule has 0 unspecified atom stereocenters. The van der Waals surface area contributed by atoms with Crippen LogP contribution in [0.3, 0.4) is 0 Å². The molecule has 1 aromatic heterocycles. The fourth-order valence-electron chi connectivity index (χ4n) is 2.66. The predicted molar refractivity (Wildman–Crippen MR) is 81.0 cm³/mol. The van der Waals surface area contributed by atoms with Gasteiger partial charge in [-0.05, 0) is 12.8 Å². The normalized spacial score (nSPS) is 15.6. The van der Waals surface area contributed by atoms with Gasteiger partial charge >= 0.3 is 6.03 Å². The summed E-state index contributed by atoms with van der Waals surface area (Å²) in [4.78, 5) is 11.9. The number of benzene rings is 1. The molecule has 0 bridgehead atoms. The van der Waals surface area contributed by atoms with E-state index < -0.39 is 0 Å². The first-order valence-corrected chi connectivity index (χ1v) is 7.41. The van der Waals surface area contributed by atoms with Gasteiger partial charge in [-0.25, -0.2) is 4.79 Å². The second kappa shape index (κ2) is 6.43. The number of nitrogens with zero attached hydrogens (tertiary/aromatic N) is 1. The van der Waals surface area contributed by atoms with Gasteiger partial charge < -0.3 is 9.84 Å². The third kappa shape index (κ3) is 3.62. The van der Waals surface area contributed by atoms with Crippen LogP contribution in [0.1, 0.15) is 32.1 Å². The molecular weight excluding hydrogens is 266 g/mol. The Morgan fingerprint density at radius 2 is 1.90 bits per heavy atom. The number of hydrogen-bond acceptors (Lipinski definition) is 3. The van der Waals surface area contributed by atoms with Crippen molar-refractivity contribution < 1.29 is 9.32 Å². The topological polar surface area (TPSA) is 67.2 Å². The molecule has 0 spiro atoms. The van der Waals surface area contributed by atoms with Gasteiger partial charge in [-0.3, -0.25) is 5.32 Å². The van der Waals surface area contributed by atoms with Crippen molar-refractivity contribution in [1.82, 2.24) is 10.5 Å². The smallest absolute Gasteiger partial charge is 0.320 e. The first-order chi connectivity index (χ1) is 10.3. The van der Waals surface area contributed by atoms with Crippen molar-refractivity contribution in [1.29, 1.82) is 0 Å². The SMILES string of the molecule is O=C(Nc1cc(-c2ccccc2)on1)NC1CCCCC1. The number of amides is 2. The van der Waals surface area contributed by atoms with Crippen molar-refractivity contribution in [2.75, 3.05) is 5.32 Å². The van der Waals surface area contributed by atoms with E-state index in [1.807, 2.05) is 30.3 Å². The molecule has 0 saturated heterocycles. The van der Waals surface area contributed by atoms with Crippen molar-refractivity contribution >= 4 is 11.8 Å². The summed E-state index contributed by atoms with van der Waals surface area (Å²) in [5.41, 5.74) is 0.936. The van der Waals surface area contributed by atoms with Crippen LogP contribution in [0.4, 0.5) is 10.6 Å². The van der Waals surface area contributed by atoms with Crippen LogP contribution in [-0.2, 0) is 0 Å². The average molecular weight is 285 g/mol. The van der Waals surface area contributed by atoms with Crippen molar-refractivity contribution in [3.63, 3.8) is 0 Å². The number of aromatic nitrogens is 1. The number of hydrogen-bond donors (Lipinski definition) is 2. The molecule has 0 aliphatic heterocycles. The van der Waals surface area contributed by atoms with Crippen molar-refractivity contribution in [3.05, 3.63) is 36.4 Å². The number of urea groups is 1. The summed E-state index contributed by atoms with van der Waals surface area (Å²) in [6.45, 7) is 0. The Bertz CT molecular complexity index is 589. The van der Waals surface area contributed by atoms with E-state index in [9.17, 15) is 4.79 Å². The van der Waals surface area contributed by atoms with E-state index in [1.165, 1.54) is 19.3 Å². The lowest BCUT2D eigenvalue weighted by atomic mass is 9.96. The molecule has 1 heterocycles. The Hall–Kier alpha value is -2.30. The van der Waals surface area contributed by atoms with Gasteiger partial charge in [0.25, 0.3) is 0 Å². The minimum Gasteiger partial charge on any atom is -0.354 e. The molecular formula is C16H19N3O2. The van der Waals surface area contributed by atoms with E-state index in [4.69, 9.17) is 4.52 Å². The lowest BCUT2D eigenvalue weighted by molar-refractivity contribution is 0.244. The third-order valence-electron chi connectivity index (χ3n) is 3.75. The highest BCUT2D eigenvalue weighted by molar-refractivity contribution is 5.88. The summed E-state index contributed by atoms with van der Waals surface area (Å²) >= 11 is 0. The van der Waals surface area contributed by atoms with Crippen LogP contribution in [0.2, 0.25) is 0 Å². The fraction of sp³-hybridized carbons (Fsp3) is 0.375.